The molecule has 1 saturated heterocycles. The molecule has 2 amide bonds. The number of thioether (sulfide) groups is 1. The molecule has 1 aliphatic heterocycles. The molecule has 3 rings (SSSR count). The zero-order valence-electron chi connectivity index (χ0n) is 13.9. The van der Waals surface area contributed by atoms with E-state index in [0.29, 0.717) is 11.3 Å². The third kappa shape index (κ3) is 4.30. The number of hydrogen-bond acceptors (Lipinski definition) is 4. The van der Waals surface area contributed by atoms with Crippen molar-refractivity contribution in [2.45, 2.75) is 31.7 Å². The summed E-state index contributed by atoms with van der Waals surface area (Å²) in [4.78, 5) is 26.9. The van der Waals surface area contributed by atoms with Gasteiger partial charge in [-0.05, 0) is 37.5 Å². The predicted octanol–water partition coefficient (Wildman–Crippen LogP) is 2.33. The van der Waals surface area contributed by atoms with Crippen LogP contribution in [0.5, 0.6) is 0 Å². The van der Waals surface area contributed by atoms with Gasteiger partial charge in [0.25, 0.3) is 5.91 Å². The second-order valence-corrected chi connectivity index (χ2v) is 7.82. The number of carbonyl (C=O) groups excluding carboxylic acids is 2. The van der Waals surface area contributed by atoms with Crippen LogP contribution in [0.25, 0.3) is 0 Å². The Morgan fingerprint density at radius 3 is 2.75 bits per heavy atom. The fraction of sp³-hybridized carbons (Fsp3) is 0.556. The number of benzene rings is 1. The van der Waals surface area contributed by atoms with Crippen LogP contribution >= 0.6 is 11.8 Å². The Labute approximate surface area is 147 Å². The second-order valence-electron chi connectivity index (χ2n) is 6.60. The SMILES string of the molecule is NC1CCCC(C(=O)Nc2cccc(C(=O)N3CCSCC3)c2)C1. The van der Waals surface area contributed by atoms with Crippen LogP contribution in [0, 0.1) is 5.92 Å². The largest absolute Gasteiger partial charge is 0.337 e. The Balaban J connectivity index is 1.64. The second kappa shape index (κ2) is 8.03. The van der Waals surface area contributed by atoms with E-state index < -0.39 is 0 Å². The van der Waals surface area contributed by atoms with Gasteiger partial charge in [-0.1, -0.05) is 12.5 Å². The van der Waals surface area contributed by atoms with Crippen molar-refractivity contribution in [1.82, 2.24) is 4.90 Å². The Kier molecular flexibility index (Phi) is 5.79. The summed E-state index contributed by atoms with van der Waals surface area (Å²) < 4.78 is 0. The zero-order chi connectivity index (χ0) is 16.9. The molecule has 0 spiro atoms. The van der Waals surface area contributed by atoms with Crippen molar-refractivity contribution in [3.8, 4) is 0 Å². The number of nitrogens with zero attached hydrogens (tertiary/aromatic N) is 1. The quantitative estimate of drug-likeness (QED) is 0.880. The normalized spacial score (nSPS) is 24.5. The molecule has 1 saturated carbocycles. The van der Waals surface area contributed by atoms with E-state index in [1.165, 1.54) is 0 Å². The Morgan fingerprint density at radius 2 is 2.00 bits per heavy atom. The highest BCUT2D eigenvalue weighted by Crippen LogP contribution is 2.25. The van der Waals surface area contributed by atoms with Crippen LogP contribution in [0.4, 0.5) is 5.69 Å². The van der Waals surface area contributed by atoms with Crippen molar-refractivity contribution in [3.63, 3.8) is 0 Å². The van der Waals surface area contributed by atoms with Crippen molar-refractivity contribution in [3.05, 3.63) is 29.8 Å². The molecule has 24 heavy (non-hydrogen) atoms. The van der Waals surface area contributed by atoms with Gasteiger partial charge in [0, 0.05) is 47.8 Å². The molecule has 2 fully saturated rings. The molecule has 2 atom stereocenters. The zero-order valence-corrected chi connectivity index (χ0v) is 14.7. The summed E-state index contributed by atoms with van der Waals surface area (Å²) in [6.07, 6.45) is 3.64. The minimum absolute atomic E-state index is 0.0177. The lowest BCUT2D eigenvalue weighted by Gasteiger charge is -2.27. The third-order valence-electron chi connectivity index (χ3n) is 4.76. The van der Waals surface area contributed by atoms with E-state index in [4.69, 9.17) is 5.73 Å². The molecule has 2 aliphatic rings. The number of nitrogens with two attached hydrogens (primary N) is 1. The van der Waals surface area contributed by atoms with Crippen LogP contribution in [-0.2, 0) is 4.79 Å². The van der Waals surface area contributed by atoms with Crippen LogP contribution in [0.3, 0.4) is 0 Å². The molecule has 1 aliphatic carbocycles. The highest BCUT2D eigenvalue weighted by Gasteiger charge is 2.25. The smallest absolute Gasteiger partial charge is 0.253 e. The van der Waals surface area contributed by atoms with Crippen molar-refractivity contribution >= 4 is 29.3 Å². The molecular weight excluding hydrogens is 322 g/mol. The van der Waals surface area contributed by atoms with E-state index in [1.54, 1.807) is 6.07 Å². The predicted molar refractivity (Wildman–Crippen MR) is 98.2 cm³/mol. The van der Waals surface area contributed by atoms with E-state index in [2.05, 4.69) is 5.32 Å². The molecule has 5 nitrogen and oxygen atoms in total. The molecule has 1 aromatic carbocycles. The maximum absolute atomic E-state index is 12.6. The van der Waals surface area contributed by atoms with Gasteiger partial charge in [0.1, 0.15) is 0 Å². The first kappa shape index (κ1) is 17.3. The van der Waals surface area contributed by atoms with Crippen molar-refractivity contribution in [2.24, 2.45) is 11.7 Å². The van der Waals surface area contributed by atoms with Crippen LogP contribution < -0.4 is 11.1 Å². The fourth-order valence-corrected chi connectivity index (χ4v) is 4.29. The molecule has 2 unspecified atom stereocenters. The Morgan fingerprint density at radius 1 is 1.21 bits per heavy atom. The van der Waals surface area contributed by atoms with E-state index in [1.807, 2.05) is 34.9 Å². The maximum Gasteiger partial charge on any atom is 0.253 e. The van der Waals surface area contributed by atoms with Gasteiger partial charge in [-0.25, -0.2) is 0 Å². The number of hydrogen-bond donors (Lipinski definition) is 2. The van der Waals surface area contributed by atoms with Gasteiger partial charge >= 0.3 is 0 Å². The first-order chi connectivity index (χ1) is 11.6. The fourth-order valence-electron chi connectivity index (χ4n) is 3.39. The molecule has 0 radical (unpaired) electrons. The van der Waals surface area contributed by atoms with Crippen molar-refractivity contribution in [2.75, 3.05) is 29.9 Å². The Bertz CT molecular complexity index is 602. The lowest BCUT2D eigenvalue weighted by molar-refractivity contribution is -0.120. The first-order valence-electron chi connectivity index (χ1n) is 8.67. The lowest BCUT2D eigenvalue weighted by atomic mass is 9.85. The minimum Gasteiger partial charge on any atom is -0.337 e. The van der Waals surface area contributed by atoms with E-state index >= 15 is 0 Å². The molecule has 1 heterocycles. The number of amides is 2. The van der Waals surface area contributed by atoms with E-state index in [0.717, 1.165) is 50.3 Å². The Hall–Kier alpha value is -1.53. The van der Waals surface area contributed by atoms with Crippen molar-refractivity contribution in [1.29, 1.82) is 0 Å². The highest BCUT2D eigenvalue weighted by atomic mass is 32.2. The molecule has 6 heteroatoms. The molecular formula is C18H25N3O2S. The standard InChI is InChI=1S/C18H25N3O2S/c19-15-5-1-3-13(11-15)17(22)20-16-6-2-4-14(12-16)18(23)21-7-9-24-10-8-21/h2,4,6,12-13,15H,1,3,5,7-11,19H2,(H,20,22). The van der Waals surface area contributed by atoms with E-state index in [9.17, 15) is 9.59 Å². The number of nitrogens with one attached hydrogen (secondary N) is 1. The van der Waals surface area contributed by atoms with Gasteiger partial charge in [0.15, 0.2) is 0 Å². The third-order valence-corrected chi connectivity index (χ3v) is 5.70. The summed E-state index contributed by atoms with van der Waals surface area (Å²) in [6, 6.07) is 7.39. The molecule has 3 N–H and O–H groups in total. The molecule has 130 valence electrons. The van der Waals surface area contributed by atoms with E-state index in [-0.39, 0.29) is 23.8 Å². The average molecular weight is 347 g/mol. The summed E-state index contributed by atoms with van der Waals surface area (Å²) in [5, 5.41) is 2.96. The molecule has 1 aromatic rings. The highest BCUT2D eigenvalue weighted by molar-refractivity contribution is 7.99. The van der Waals surface area contributed by atoms with Gasteiger partial charge < -0.3 is 16.0 Å². The maximum atomic E-state index is 12.6. The summed E-state index contributed by atoms with van der Waals surface area (Å²) in [5.41, 5.74) is 7.30. The van der Waals surface area contributed by atoms with Crippen LogP contribution in [-0.4, -0.2) is 47.4 Å². The summed E-state index contributed by atoms with van der Waals surface area (Å²) in [5.74, 6) is 2.02. The van der Waals surface area contributed by atoms with Gasteiger partial charge in [-0.15, -0.1) is 0 Å². The monoisotopic (exact) mass is 347 g/mol. The van der Waals surface area contributed by atoms with Gasteiger partial charge in [0.05, 0.1) is 0 Å². The summed E-state index contributed by atoms with van der Waals surface area (Å²) >= 11 is 1.88. The topological polar surface area (TPSA) is 75.4 Å². The summed E-state index contributed by atoms with van der Waals surface area (Å²) in [6.45, 7) is 1.58. The number of rotatable bonds is 3. The minimum atomic E-state index is -0.0211. The molecule has 0 bridgehead atoms. The van der Waals surface area contributed by atoms with Gasteiger partial charge in [-0.3, -0.25) is 9.59 Å². The van der Waals surface area contributed by atoms with Crippen molar-refractivity contribution < 1.29 is 9.59 Å². The first-order valence-corrected chi connectivity index (χ1v) is 9.82. The van der Waals surface area contributed by atoms with Crippen LogP contribution in [0.2, 0.25) is 0 Å². The summed E-state index contributed by atoms with van der Waals surface area (Å²) in [7, 11) is 0. The molecule has 0 aromatic heterocycles. The lowest BCUT2D eigenvalue weighted by Crippen LogP contribution is -2.38. The van der Waals surface area contributed by atoms with Gasteiger partial charge in [-0.2, -0.15) is 11.8 Å². The van der Waals surface area contributed by atoms with Crippen LogP contribution in [0.1, 0.15) is 36.0 Å². The number of carbonyl (C=O) groups is 2. The van der Waals surface area contributed by atoms with Gasteiger partial charge in [0.2, 0.25) is 5.91 Å². The van der Waals surface area contributed by atoms with Crippen LogP contribution in [0.15, 0.2) is 24.3 Å². The average Bonchev–Trinajstić information content (AvgIpc) is 2.62. The number of anilines is 1.